The van der Waals surface area contributed by atoms with E-state index in [0.717, 1.165) is 55.4 Å². The molecule has 0 fully saturated rings. The molecule has 0 bridgehead atoms. The Hall–Kier alpha value is -2.28. The Kier molecular flexibility index (Phi) is 9.07. The largest absolute Gasteiger partial charge is 0.497 e. The third-order valence-corrected chi connectivity index (χ3v) is 4.46. The van der Waals surface area contributed by atoms with E-state index in [2.05, 4.69) is 25.8 Å². The highest BCUT2D eigenvalue weighted by molar-refractivity contribution is 6.31. The van der Waals surface area contributed by atoms with E-state index in [1.165, 1.54) is 0 Å². The highest BCUT2D eigenvalue weighted by Crippen LogP contribution is 2.22. The van der Waals surface area contributed by atoms with E-state index in [9.17, 15) is 0 Å². The van der Waals surface area contributed by atoms with Gasteiger partial charge in [0.15, 0.2) is 11.8 Å². The Balaban J connectivity index is 1.78. The summed E-state index contributed by atoms with van der Waals surface area (Å²) in [7, 11) is 1.63. The van der Waals surface area contributed by atoms with Crippen LogP contribution in [0.1, 0.15) is 50.4 Å². The number of benzene rings is 1. The molecule has 0 aliphatic heterocycles. The van der Waals surface area contributed by atoms with E-state index >= 15 is 0 Å². The van der Waals surface area contributed by atoms with Crippen molar-refractivity contribution in [3.05, 3.63) is 40.5 Å². The number of hydrogen-bond acceptors (Lipinski definition) is 5. The van der Waals surface area contributed by atoms with Crippen LogP contribution in [0.4, 0.5) is 0 Å². The van der Waals surface area contributed by atoms with Gasteiger partial charge in [0.1, 0.15) is 5.75 Å². The van der Waals surface area contributed by atoms with E-state index in [0.29, 0.717) is 17.5 Å². The Bertz CT molecular complexity index is 761. The standard InChI is InChI=1S/C20H30ClN5O2/c1-5-22-20(23-11-6-7-18-25-19(14(2)3)26-28-18)24-12-10-15-8-9-16(27-4)13-17(15)21/h8-9,13-14H,5-7,10-12H2,1-4H3,(H2,22,23,24). The fraction of sp³-hybridized carbons (Fsp3) is 0.550. The molecule has 0 saturated carbocycles. The molecule has 0 aliphatic rings. The maximum Gasteiger partial charge on any atom is 0.226 e. The van der Waals surface area contributed by atoms with E-state index < -0.39 is 0 Å². The Morgan fingerprint density at radius 3 is 2.75 bits per heavy atom. The third-order valence-electron chi connectivity index (χ3n) is 4.11. The lowest BCUT2D eigenvalue weighted by Gasteiger charge is -2.12. The zero-order valence-corrected chi connectivity index (χ0v) is 17.8. The molecule has 28 heavy (non-hydrogen) atoms. The molecule has 1 aromatic heterocycles. The Morgan fingerprint density at radius 2 is 2.11 bits per heavy atom. The number of hydrogen-bond donors (Lipinski definition) is 2. The van der Waals surface area contributed by atoms with E-state index in [1.807, 2.05) is 39.0 Å². The number of halogens is 1. The monoisotopic (exact) mass is 407 g/mol. The Morgan fingerprint density at radius 1 is 1.29 bits per heavy atom. The van der Waals surface area contributed by atoms with Gasteiger partial charge in [0.05, 0.1) is 7.11 Å². The van der Waals surface area contributed by atoms with Gasteiger partial charge in [0.2, 0.25) is 5.89 Å². The molecule has 2 N–H and O–H groups in total. The number of ether oxygens (including phenoxy) is 1. The van der Waals surface area contributed by atoms with Gasteiger partial charge in [-0.15, -0.1) is 0 Å². The molecule has 2 rings (SSSR count). The summed E-state index contributed by atoms with van der Waals surface area (Å²) in [5.41, 5.74) is 1.07. The van der Waals surface area contributed by atoms with Crippen LogP contribution in [0.15, 0.2) is 27.7 Å². The second-order valence-electron chi connectivity index (χ2n) is 6.70. The van der Waals surface area contributed by atoms with E-state index in [4.69, 9.17) is 20.9 Å². The van der Waals surface area contributed by atoms with Crippen molar-refractivity contribution in [2.45, 2.75) is 46.0 Å². The molecule has 1 heterocycles. The van der Waals surface area contributed by atoms with Crippen molar-refractivity contribution in [2.24, 2.45) is 4.99 Å². The van der Waals surface area contributed by atoms with Crippen molar-refractivity contribution in [1.82, 2.24) is 20.8 Å². The molecule has 0 spiro atoms. The van der Waals surface area contributed by atoms with E-state index in [-0.39, 0.29) is 5.92 Å². The predicted octanol–water partition coefficient (Wildman–Crippen LogP) is 3.59. The lowest BCUT2D eigenvalue weighted by atomic mass is 10.1. The topological polar surface area (TPSA) is 84.6 Å². The molecule has 0 saturated heterocycles. The highest BCUT2D eigenvalue weighted by Gasteiger charge is 2.09. The molecule has 0 atom stereocenters. The quantitative estimate of drug-likeness (QED) is 0.355. The molecule has 2 aromatic rings. The van der Waals surface area contributed by atoms with Crippen LogP contribution in [0.5, 0.6) is 5.75 Å². The van der Waals surface area contributed by atoms with Crippen molar-refractivity contribution in [2.75, 3.05) is 26.7 Å². The zero-order chi connectivity index (χ0) is 20.4. The zero-order valence-electron chi connectivity index (χ0n) is 17.1. The van der Waals surface area contributed by atoms with Crippen LogP contribution >= 0.6 is 11.6 Å². The minimum atomic E-state index is 0.277. The van der Waals surface area contributed by atoms with Gasteiger partial charge in [-0.2, -0.15) is 4.98 Å². The van der Waals surface area contributed by atoms with Crippen LogP contribution < -0.4 is 15.4 Å². The van der Waals surface area contributed by atoms with Gasteiger partial charge in [-0.3, -0.25) is 4.99 Å². The minimum Gasteiger partial charge on any atom is -0.497 e. The lowest BCUT2D eigenvalue weighted by molar-refractivity contribution is 0.369. The predicted molar refractivity (Wildman–Crippen MR) is 112 cm³/mol. The summed E-state index contributed by atoms with van der Waals surface area (Å²) in [5, 5.41) is 11.3. The molecular formula is C20H30ClN5O2. The number of guanidine groups is 1. The molecular weight excluding hydrogens is 378 g/mol. The molecule has 154 valence electrons. The number of nitrogens with one attached hydrogen (secondary N) is 2. The summed E-state index contributed by atoms with van der Waals surface area (Å²) in [6.45, 7) is 8.36. The maximum absolute atomic E-state index is 6.29. The van der Waals surface area contributed by atoms with Crippen molar-refractivity contribution < 1.29 is 9.26 Å². The van der Waals surface area contributed by atoms with Crippen LogP contribution in [0.2, 0.25) is 5.02 Å². The molecule has 1 aromatic carbocycles. The summed E-state index contributed by atoms with van der Waals surface area (Å²) < 4.78 is 10.4. The molecule has 8 heteroatoms. The van der Waals surface area contributed by atoms with Crippen molar-refractivity contribution >= 4 is 17.6 Å². The summed E-state index contributed by atoms with van der Waals surface area (Å²) in [5.74, 6) is 3.26. The minimum absolute atomic E-state index is 0.277. The number of methoxy groups -OCH3 is 1. The van der Waals surface area contributed by atoms with Crippen molar-refractivity contribution in [3.8, 4) is 5.75 Å². The van der Waals surface area contributed by atoms with Crippen LogP contribution in [0, 0.1) is 0 Å². The third kappa shape index (κ3) is 7.03. The Labute approximate surface area is 171 Å². The summed E-state index contributed by atoms with van der Waals surface area (Å²) >= 11 is 6.29. The first-order chi connectivity index (χ1) is 13.5. The summed E-state index contributed by atoms with van der Waals surface area (Å²) in [6.07, 6.45) is 2.37. The second kappa shape index (κ2) is 11.5. The van der Waals surface area contributed by atoms with E-state index in [1.54, 1.807) is 7.11 Å². The van der Waals surface area contributed by atoms with Gasteiger partial charge < -0.3 is 19.9 Å². The molecule has 0 unspecified atom stereocenters. The molecule has 0 aliphatic carbocycles. The second-order valence-corrected chi connectivity index (χ2v) is 7.11. The van der Waals surface area contributed by atoms with Crippen LogP contribution in [-0.2, 0) is 12.8 Å². The van der Waals surface area contributed by atoms with Crippen LogP contribution in [-0.4, -0.2) is 42.8 Å². The number of aromatic nitrogens is 2. The highest BCUT2D eigenvalue weighted by atomic mass is 35.5. The van der Waals surface area contributed by atoms with Crippen LogP contribution in [0.3, 0.4) is 0 Å². The fourth-order valence-corrected chi connectivity index (χ4v) is 2.81. The lowest BCUT2D eigenvalue weighted by Crippen LogP contribution is -2.38. The molecule has 7 nitrogen and oxygen atoms in total. The maximum atomic E-state index is 6.29. The van der Waals surface area contributed by atoms with Gasteiger partial charge in [-0.1, -0.05) is 36.7 Å². The number of rotatable bonds is 10. The van der Waals surface area contributed by atoms with Crippen molar-refractivity contribution in [3.63, 3.8) is 0 Å². The van der Waals surface area contributed by atoms with Gasteiger partial charge in [0.25, 0.3) is 0 Å². The van der Waals surface area contributed by atoms with Crippen LogP contribution in [0.25, 0.3) is 0 Å². The normalized spacial score (nSPS) is 11.7. The molecule has 0 radical (unpaired) electrons. The van der Waals surface area contributed by atoms with Gasteiger partial charge >= 0.3 is 0 Å². The SMILES string of the molecule is CCNC(=NCCCc1nc(C(C)C)no1)NCCc1ccc(OC)cc1Cl. The summed E-state index contributed by atoms with van der Waals surface area (Å²) in [6, 6.07) is 5.74. The molecule has 0 amide bonds. The van der Waals surface area contributed by atoms with Gasteiger partial charge in [-0.25, -0.2) is 0 Å². The van der Waals surface area contributed by atoms with Gasteiger partial charge in [-0.05, 0) is 37.5 Å². The van der Waals surface area contributed by atoms with Gasteiger partial charge in [0, 0.05) is 37.0 Å². The average Bonchev–Trinajstić information content (AvgIpc) is 3.15. The average molecular weight is 408 g/mol. The van der Waals surface area contributed by atoms with Crippen molar-refractivity contribution in [1.29, 1.82) is 0 Å². The fourth-order valence-electron chi connectivity index (χ4n) is 2.54. The number of nitrogens with zero attached hydrogens (tertiary/aromatic N) is 3. The first-order valence-electron chi connectivity index (χ1n) is 9.70. The first-order valence-corrected chi connectivity index (χ1v) is 10.1. The first kappa shape index (κ1) is 22.0. The number of aryl methyl sites for hydroxylation is 1. The number of aliphatic imine (C=N–C) groups is 1. The summed E-state index contributed by atoms with van der Waals surface area (Å²) in [4.78, 5) is 8.99. The smallest absolute Gasteiger partial charge is 0.226 e.